The highest BCUT2D eigenvalue weighted by Gasteiger charge is 2.79. The van der Waals surface area contributed by atoms with Gasteiger partial charge in [-0.2, -0.15) is 0 Å². The Hall–Kier alpha value is -4.39. The first kappa shape index (κ1) is 25.6. The number of halogens is 1. The van der Waals surface area contributed by atoms with Crippen LogP contribution in [0.15, 0.2) is 97.1 Å². The molecule has 6 nitrogen and oxygen atoms in total. The summed E-state index contributed by atoms with van der Waals surface area (Å²) in [6.07, 6.45) is -1.24. The molecule has 41 heavy (non-hydrogen) atoms. The lowest BCUT2D eigenvalue weighted by Crippen LogP contribution is -2.51. The van der Waals surface area contributed by atoms with Gasteiger partial charge in [-0.15, -0.1) is 0 Å². The fourth-order valence-electron chi connectivity index (χ4n) is 6.89. The van der Waals surface area contributed by atoms with Gasteiger partial charge in [-0.3, -0.25) is 19.2 Å². The third-order valence-electron chi connectivity index (χ3n) is 8.54. The first-order chi connectivity index (χ1) is 19.9. The molecule has 0 unspecified atom stereocenters. The van der Waals surface area contributed by atoms with Crippen molar-refractivity contribution in [3.63, 3.8) is 0 Å². The highest BCUT2D eigenvalue weighted by molar-refractivity contribution is 6.37. The molecular formula is C34H23ClO6. The van der Waals surface area contributed by atoms with Crippen molar-refractivity contribution in [2.24, 2.45) is 5.41 Å². The number of hydrogen-bond acceptors (Lipinski definition) is 6. The van der Waals surface area contributed by atoms with E-state index in [0.29, 0.717) is 28.5 Å². The monoisotopic (exact) mass is 562 g/mol. The fourth-order valence-corrected chi connectivity index (χ4v) is 7.01. The number of rotatable bonds is 4. The molecule has 2 atom stereocenters. The number of ether oxygens (including phenoxy) is 2. The van der Waals surface area contributed by atoms with E-state index in [9.17, 15) is 19.2 Å². The largest absolute Gasteiger partial charge is 0.494 e. The van der Waals surface area contributed by atoms with Crippen LogP contribution >= 0.6 is 11.6 Å². The summed E-state index contributed by atoms with van der Waals surface area (Å²) in [6, 6.07) is 26.6. The van der Waals surface area contributed by atoms with Crippen molar-refractivity contribution in [3.05, 3.63) is 135 Å². The van der Waals surface area contributed by atoms with Crippen LogP contribution in [0.4, 0.5) is 0 Å². The smallest absolute Gasteiger partial charge is 0.204 e. The van der Waals surface area contributed by atoms with E-state index in [1.165, 1.54) is 0 Å². The minimum absolute atomic E-state index is 0.204. The van der Waals surface area contributed by atoms with Crippen LogP contribution < -0.4 is 4.74 Å². The Morgan fingerprint density at radius 3 is 1.61 bits per heavy atom. The first-order valence-electron chi connectivity index (χ1n) is 13.4. The Labute approximate surface area is 240 Å². The first-order valence-corrected chi connectivity index (χ1v) is 13.8. The van der Waals surface area contributed by atoms with Gasteiger partial charge in [0.1, 0.15) is 17.3 Å². The van der Waals surface area contributed by atoms with Gasteiger partial charge in [-0.1, -0.05) is 84.4 Å². The maximum atomic E-state index is 14.7. The third kappa shape index (κ3) is 3.23. The van der Waals surface area contributed by atoms with E-state index < -0.39 is 46.2 Å². The average molecular weight is 563 g/mol. The predicted molar refractivity (Wildman–Crippen MR) is 151 cm³/mol. The Morgan fingerprint density at radius 2 is 1.12 bits per heavy atom. The Morgan fingerprint density at radius 1 is 0.659 bits per heavy atom. The van der Waals surface area contributed by atoms with Gasteiger partial charge in [0.15, 0.2) is 11.6 Å². The Kier molecular flexibility index (Phi) is 5.65. The van der Waals surface area contributed by atoms with Gasteiger partial charge in [0, 0.05) is 27.3 Å². The molecule has 0 aromatic heterocycles. The number of hydrogen-bond donors (Lipinski definition) is 0. The molecule has 3 aliphatic rings. The van der Waals surface area contributed by atoms with Crippen LogP contribution in [0.25, 0.3) is 0 Å². The number of fused-ring (bicyclic) bond motifs is 2. The molecule has 2 spiro atoms. The van der Waals surface area contributed by atoms with Gasteiger partial charge in [0.05, 0.1) is 12.5 Å². The SMILES string of the molecule is CCOc1ccc([C@@H]2C3(O[C@H](c4ccc(Cl)cc4)C24C(=O)c2ccccc2C4=O)C(=O)c2ccccc2C3=O)cc1. The van der Waals surface area contributed by atoms with E-state index >= 15 is 0 Å². The van der Waals surface area contributed by atoms with Crippen molar-refractivity contribution in [1.82, 2.24) is 0 Å². The number of ketones is 4. The highest BCUT2D eigenvalue weighted by atomic mass is 35.5. The summed E-state index contributed by atoms with van der Waals surface area (Å²) >= 11 is 6.20. The maximum absolute atomic E-state index is 14.7. The van der Waals surface area contributed by atoms with Crippen LogP contribution in [-0.2, 0) is 4.74 Å². The second-order valence-corrected chi connectivity index (χ2v) is 10.9. The number of benzene rings is 4. The predicted octanol–water partition coefficient (Wildman–Crippen LogP) is 6.48. The van der Waals surface area contributed by atoms with Crippen LogP contribution in [0, 0.1) is 5.41 Å². The van der Waals surface area contributed by atoms with Crippen LogP contribution in [-0.4, -0.2) is 35.3 Å². The summed E-state index contributed by atoms with van der Waals surface area (Å²) in [5.74, 6) is -2.78. The van der Waals surface area contributed by atoms with Gasteiger partial charge in [0.25, 0.3) is 0 Å². The van der Waals surface area contributed by atoms with Crippen molar-refractivity contribution < 1.29 is 28.7 Å². The van der Waals surface area contributed by atoms with Gasteiger partial charge in [0.2, 0.25) is 17.2 Å². The molecule has 1 heterocycles. The Bertz CT molecular complexity index is 1700. The zero-order valence-corrected chi connectivity index (χ0v) is 22.7. The molecule has 1 saturated heterocycles. The maximum Gasteiger partial charge on any atom is 0.204 e. The summed E-state index contributed by atoms with van der Waals surface area (Å²) in [5, 5.41) is 0.450. The van der Waals surface area contributed by atoms with Gasteiger partial charge >= 0.3 is 0 Å². The molecule has 4 aromatic rings. The third-order valence-corrected chi connectivity index (χ3v) is 8.79. The lowest BCUT2D eigenvalue weighted by Gasteiger charge is -2.34. The van der Waals surface area contributed by atoms with Crippen LogP contribution in [0.5, 0.6) is 5.75 Å². The molecule has 202 valence electrons. The molecule has 0 bridgehead atoms. The topological polar surface area (TPSA) is 86.7 Å². The molecule has 0 saturated carbocycles. The average Bonchev–Trinajstić information content (AvgIpc) is 3.52. The van der Waals surface area contributed by atoms with Gasteiger partial charge in [-0.25, -0.2) is 0 Å². The highest BCUT2D eigenvalue weighted by Crippen LogP contribution is 2.67. The van der Waals surface area contributed by atoms with Crippen molar-refractivity contribution in [2.45, 2.75) is 24.5 Å². The molecular weight excluding hydrogens is 540 g/mol. The summed E-state index contributed by atoms with van der Waals surface area (Å²) in [6.45, 7) is 2.30. The molecule has 0 radical (unpaired) electrons. The van der Waals surface area contributed by atoms with Crippen LogP contribution in [0.2, 0.25) is 5.02 Å². The molecule has 4 aromatic carbocycles. The summed E-state index contributed by atoms with van der Waals surface area (Å²) in [4.78, 5) is 58.2. The van der Waals surface area contributed by atoms with E-state index in [1.54, 1.807) is 97.1 Å². The van der Waals surface area contributed by atoms with E-state index in [4.69, 9.17) is 21.1 Å². The minimum atomic E-state index is -2.14. The van der Waals surface area contributed by atoms with Gasteiger partial charge in [-0.05, 0) is 42.3 Å². The minimum Gasteiger partial charge on any atom is -0.494 e. The van der Waals surface area contributed by atoms with Crippen LogP contribution in [0.3, 0.4) is 0 Å². The lowest BCUT2D eigenvalue weighted by molar-refractivity contribution is -0.0210. The lowest BCUT2D eigenvalue weighted by atomic mass is 9.60. The molecule has 0 amide bonds. The molecule has 1 fully saturated rings. The number of carbonyl (C=O) groups excluding carboxylic acids is 4. The molecule has 7 rings (SSSR count). The number of Topliss-reactive ketones (excluding diaryl/α,β-unsaturated/α-hetero) is 4. The van der Waals surface area contributed by atoms with Crippen molar-refractivity contribution in [2.75, 3.05) is 6.61 Å². The zero-order chi connectivity index (χ0) is 28.5. The Balaban J connectivity index is 1.56. The molecule has 0 N–H and O–H groups in total. The van der Waals surface area contributed by atoms with Crippen molar-refractivity contribution in [1.29, 1.82) is 0 Å². The normalized spacial score (nSPS) is 21.5. The van der Waals surface area contributed by atoms with Crippen LogP contribution in [0.1, 0.15) is 71.5 Å². The van der Waals surface area contributed by atoms with Crippen molar-refractivity contribution in [3.8, 4) is 5.75 Å². The van der Waals surface area contributed by atoms with E-state index in [2.05, 4.69) is 0 Å². The number of carbonyl (C=O) groups is 4. The molecule has 7 heteroatoms. The second-order valence-electron chi connectivity index (χ2n) is 10.5. The summed E-state index contributed by atoms with van der Waals surface area (Å²) in [7, 11) is 0. The quantitative estimate of drug-likeness (QED) is 0.265. The standard InChI is InChI=1S/C34H23ClO6/c1-2-40-22-17-13-19(14-18-22)27-33(28(36)23-7-3-4-8-24(23)29(33)37)32(20-11-15-21(35)16-12-20)41-34(27)30(38)25-9-5-6-10-26(25)31(34)39/h3-18,27,32H,2H2,1H3/t27-,32+/m0/s1. The van der Waals surface area contributed by atoms with Crippen molar-refractivity contribution >= 4 is 34.7 Å². The van der Waals surface area contributed by atoms with E-state index in [1.807, 2.05) is 6.92 Å². The zero-order valence-electron chi connectivity index (χ0n) is 21.9. The fraction of sp³-hybridized carbons (Fsp3) is 0.176. The molecule has 1 aliphatic heterocycles. The molecule has 2 aliphatic carbocycles. The van der Waals surface area contributed by atoms with E-state index in [0.717, 1.165) is 0 Å². The van der Waals surface area contributed by atoms with Gasteiger partial charge < -0.3 is 9.47 Å². The second kappa shape index (κ2) is 9.06. The summed E-state index contributed by atoms with van der Waals surface area (Å²) < 4.78 is 12.3. The van der Waals surface area contributed by atoms with E-state index in [-0.39, 0.29) is 22.3 Å². The summed E-state index contributed by atoms with van der Waals surface area (Å²) in [5.41, 5.74) is -2.27.